The van der Waals surface area contributed by atoms with E-state index >= 15 is 0 Å². The molecule has 6 nitrogen and oxygen atoms in total. The Morgan fingerprint density at radius 3 is 2.03 bits per heavy atom. The minimum Gasteiger partial charge on any atom is -0.508 e. The first-order valence-corrected chi connectivity index (χ1v) is 9.17. The summed E-state index contributed by atoms with van der Waals surface area (Å²) in [6.45, 7) is 1.86. The van der Waals surface area contributed by atoms with Crippen molar-refractivity contribution in [3.8, 4) is 5.75 Å². The molecule has 0 aromatic heterocycles. The third-order valence-electron chi connectivity index (χ3n) is 4.40. The van der Waals surface area contributed by atoms with Crippen LogP contribution in [-0.4, -0.2) is 22.4 Å². The minimum absolute atomic E-state index is 0.152. The van der Waals surface area contributed by atoms with Gasteiger partial charge in [0.15, 0.2) is 0 Å². The van der Waals surface area contributed by atoms with E-state index in [0.29, 0.717) is 5.69 Å². The molecule has 0 aliphatic carbocycles. The second-order valence-electron chi connectivity index (χ2n) is 6.48. The number of carbonyl (C=O) groups is 1. The Hall–Kier alpha value is -3.93. The van der Waals surface area contributed by atoms with Gasteiger partial charge in [-0.3, -0.25) is 15.6 Å². The summed E-state index contributed by atoms with van der Waals surface area (Å²) < 4.78 is 0. The maximum Gasteiger partial charge on any atom is 0.275 e. The molecule has 0 saturated carbocycles. The maximum absolute atomic E-state index is 12.7. The number of para-hydroxylation sites is 2. The Labute approximate surface area is 169 Å². The Balaban J connectivity index is 1.87. The fourth-order valence-electron chi connectivity index (χ4n) is 2.76. The molecule has 1 unspecified atom stereocenters. The summed E-state index contributed by atoms with van der Waals surface area (Å²) in [6.07, 6.45) is 0. The molecule has 4 N–H and O–H groups in total. The molecule has 3 rings (SSSR count). The lowest BCUT2D eigenvalue weighted by Gasteiger charge is -2.17. The van der Waals surface area contributed by atoms with Crippen LogP contribution in [0.4, 0.5) is 11.4 Å². The lowest BCUT2D eigenvalue weighted by Crippen LogP contribution is -2.33. The first-order chi connectivity index (χ1) is 14.0. The predicted octanol–water partition coefficient (Wildman–Crippen LogP) is 4.62. The van der Waals surface area contributed by atoms with Gasteiger partial charge in [0.25, 0.3) is 5.91 Å². The minimum atomic E-state index is -0.546. The maximum atomic E-state index is 12.7. The Kier molecular flexibility index (Phi) is 6.37. The van der Waals surface area contributed by atoms with Crippen molar-refractivity contribution in [3.05, 3.63) is 90.5 Å². The first kappa shape index (κ1) is 19.8. The molecule has 0 heterocycles. The van der Waals surface area contributed by atoms with Crippen LogP contribution in [0.3, 0.4) is 0 Å². The van der Waals surface area contributed by atoms with Crippen LogP contribution < -0.4 is 10.7 Å². The summed E-state index contributed by atoms with van der Waals surface area (Å²) in [4.78, 5) is 12.7. The van der Waals surface area contributed by atoms with Crippen LogP contribution in [0, 0.1) is 5.41 Å². The number of rotatable bonds is 7. The monoisotopic (exact) mass is 386 g/mol. The number of amides is 1. The molecule has 6 heteroatoms. The average Bonchev–Trinajstić information content (AvgIpc) is 2.75. The van der Waals surface area contributed by atoms with E-state index in [1.54, 1.807) is 36.4 Å². The van der Waals surface area contributed by atoms with Crippen LogP contribution in [0.2, 0.25) is 0 Å². The lowest BCUT2D eigenvalue weighted by atomic mass is 9.92. The van der Waals surface area contributed by atoms with E-state index in [9.17, 15) is 9.90 Å². The number of benzene rings is 3. The Morgan fingerprint density at radius 1 is 0.897 bits per heavy atom. The number of nitrogens with one attached hydrogen (secondary N) is 3. The predicted molar refractivity (Wildman–Crippen MR) is 117 cm³/mol. The van der Waals surface area contributed by atoms with Crippen molar-refractivity contribution < 1.29 is 9.90 Å². The molecule has 3 aromatic rings. The number of hydrazone groups is 1. The van der Waals surface area contributed by atoms with Gasteiger partial charge in [0, 0.05) is 11.6 Å². The number of hydrogen-bond donors (Lipinski definition) is 4. The number of aromatic hydroxyl groups is 1. The van der Waals surface area contributed by atoms with Crippen molar-refractivity contribution in [2.45, 2.75) is 12.8 Å². The molecule has 0 radical (unpaired) electrons. The van der Waals surface area contributed by atoms with Crippen LogP contribution in [0.1, 0.15) is 18.4 Å². The molecule has 0 fully saturated rings. The van der Waals surface area contributed by atoms with Crippen LogP contribution >= 0.6 is 0 Å². The summed E-state index contributed by atoms with van der Waals surface area (Å²) in [6, 6.07) is 25.0. The van der Waals surface area contributed by atoms with E-state index in [1.165, 1.54) is 0 Å². The van der Waals surface area contributed by atoms with Crippen LogP contribution in [0.5, 0.6) is 5.75 Å². The largest absolute Gasteiger partial charge is 0.508 e. The van der Waals surface area contributed by atoms with Gasteiger partial charge >= 0.3 is 0 Å². The highest BCUT2D eigenvalue weighted by atomic mass is 16.3. The number of phenolic OH excluding ortho intramolecular Hbond substituents is 1. The smallest absolute Gasteiger partial charge is 0.275 e. The van der Waals surface area contributed by atoms with Crippen LogP contribution in [0.15, 0.2) is 90.0 Å². The molecule has 0 bridgehead atoms. The zero-order chi connectivity index (χ0) is 20.6. The molecule has 3 aromatic carbocycles. The summed E-state index contributed by atoms with van der Waals surface area (Å²) in [5.74, 6) is -0.741. The average molecular weight is 386 g/mol. The van der Waals surface area contributed by atoms with Crippen molar-refractivity contribution in [2.75, 3.05) is 10.7 Å². The van der Waals surface area contributed by atoms with Gasteiger partial charge in [-0.15, -0.1) is 0 Å². The lowest BCUT2D eigenvalue weighted by molar-refractivity contribution is -0.110. The van der Waals surface area contributed by atoms with E-state index < -0.39 is 5.91 Å². The van der Waals surface area contributed by atoms with Gasteiger partial charge in [-0.05, 0) is 42.0 Å². The molecule has 1 amide bonds. The van der Waals surface area contributed by atoms with Gasteiger partial charge in [-0.1, -0.05) is 55.5 Å². The number of anilines is 2. The quantitative estimate of drug-likeness (QED) is 0.352. The van der Waals surface area contributed by atoms with Crippen molar-refractivity contribution in [3.63, 3.8) is 0 Å². The van der Waals surface area contributed by atoms with Crippen molar-refractivity contribution in [1.82, 2.24) is 0 Å². The molecule has 146 valence electrons. The SMILES string of the molecule is CC(/C(=N/Nc1ccccc1)C(=N)C(=O)Nc1ccccc1)c1ccc(O)cc1. The third-order valence-corrected chi connectivity index (χ3v) is 4.40. The fourth-order valence-corrected chi connectivity index (χ4v) is 2.76. The van der Waals surface area contributed by atoms with Gasteiger partial charge in [0.1, 0.15) is 11.5 Å². The van der Waals surface area contributed by atoms with E-state index in [1.807, 2.05) is 55.5 Å². The summed E-state index contributed by atoms with van der Waals surface area (Å²) in [7, 11) is 0. The molecule has 29 heavy (non-hydrogen) atoms. The zero-order valence-corrected chi connectivity index (χ0v) is 16.0. The molecular formula is C23H22N4O2. The Bertz CT molecular complexity index is 1000. The standard InChI is InChI=1S/C23H22N4O2/c1-16(17-12-14-20(28)15-13-17)22(27-26-19-10-6-3-7-11-19)21(24)23(29)25-18-8-4-2-5-9-18/h2-16,24,26,28H,1H3,(H,25,29)/b24-21?,27-22-. The zero-order valence-electron chi connectivity index (χ0n) is 16.0. The van der Waals surface area contributed by atoms with Gasteiger partial charge in [-0.2, -0.15) is 5.10 Å². The van der Waals surface area contributed by atoms with E-state index in [0.717, 1.165) is 11.3 Å². The molecule has 0 saturated heterocycles. The normalized spacial score (nSPS) is 12.1. The second kappa shape index (κ2) is 9.32. The van der Waals surface area contributed by atoms with E-state index in [-0.39, 0.29) is 23.1 Å². The Morgan fingerprint density at radius 2 is 1.45 bits per heavy atom. The molecular weight excluding hydrogens is 364 g/mol. The van der Waals surface area contributed by atoms with Gasteiger partial charge in [-0.25, -0.2) is 0 Å². The number of phenols is 1. The third kappa shape index (κ3) is 5.29. The summed E-state index contributed by atoms with van der Waals surface area (Å²) in [5.41, 5.74) is 5.15. The highest BCUT2D eigenvalue weighted by Gasteiger charge is 2.23. The first-order valence-electron chi connectivity index (χ1n) is 9.17. The van der Waals surface area contributed by atoms with E-state index in [4.69, 9.17) is 5.41 Å². The molecule has 0 aliphatic rings. The topological polar surface area (TPSA) is 97.6 Å². The summed E-state index contributed by atoms with van der Waals surface area (Å²) >= 11 is 0. The fraction of sp³-hybridized carbons (Fsp3) is 0.0870. The van der Waals surface area contributed by atoms with Gasteiger partial charge < -0.3 is 10.4 Å². The van der Waals surface area contributed by atoms with E-state index in [2.05, 4.69) is 15.8 Å². The van der Waals surface area contributed by atoms with Gasteiger partial charge in [0.05, 0.1) is 11.4 Å². The number of nitrogens with zero attached hydrogens (tertiary/aromatic N) is 1. The highest BCUT2D eigenvalue weighted by Crippen LogP contribution is 2.21. The molecule has 1 atom stereocenters. The highest BCUT2D eigenvalue weighted by molar-refractivity contribution is 6.68. The molecule has 0 spiro atoms. The number of carbonyl (C=O) groups excluding carboxylic acids is 1. The molecule has 0 aliphatic heterocycles. The van der Waals surface area contributed by atoms with Crippen molar-refractivity contribution in [2.24, 2.45) is 5.10 Å². The summed E-state index contributed by atoms with van der Waals surface area (Å²) in [5, 5.41) is 25.1. The van der Waals surface area contributed by atoms with Crippen molar-refractivity contribution >= 4 is 28.7 Å². The van der Waals surface area contributed by atoms with Crippen LogP contribution in [0.25, 0.3) is 0 Å². The van der Waals surface area contributed by atoms with Crippen LogP contribution in [-0.2, 0) is 4.79 Å². The number of hydrogen-bond acceptors (Lipinski definition) is 5. The van der Waals surface area contributed by atoms with Crippen molar-refractivity contribution in [1.29, 1.82) is 5.41 Å². The second-order valence-corrected chi connectivity index (χ2v) is 6.48. The van der Waals surface area contributed by atoms with Gasteiger partial charge in [0.2, 0.25) is 0 Å².